The van der Waals surface area contributed by atoms with Crippen LogP contribution in [0.25, 0.3) is 21.8 Å². The van der Waals surface area contributed by atoms with Crippen LogP contribution in [-0.4, -0.2) is 28.2 Å². The van der Waals surface area contributed by atoms with E-state index in [2.05, 4.69) is 9.97 Å². The third-order valence-electron chi connectivity index (χ3n) is 4.70. The average molecular weight is 334 g/mol. The number of carbonyl (C=O) groups excluding carboxylic acids is 1. The number of rotatable bonds is 4. The number of aliphatic hydroxyl groups is 1. The average Bonchev–Trinajstić information content (AvgIpc) is 3.26. The number of ether oxygens (including phenoxy) is 1. The Morgan fingerprint density at radius 3 is 1.92 bits per heavy atom. The molecule has 126 valence electrons. The van der Waals surface area contributed by atoms with Gasteiger partial charge in [-0.15, -0.1) is 0 Å². The first-order valence-electron chi connectivity index (χ1n) is 8.06. The van der Waals surface area contributed by atoms with Crippen molar-refractivity contribution in [3.8, 4) is 0 Å². The Balaban J connectivity index is 1.98. The molecule has 4 aromatic rings. The molecule has 3 N–H and O–H groups in total. The van der Waals surface area contributed by atoms with Crippen LogP contribution in [0.5, 0.6) is 0 Å². The van der Waals surface area contributed by atoms with Crippen molar-refractivity contribution in [1.82, 2.24) is 9.97 Å². The number of benzene rings is 2. The number of aromatic nitrogens is 2. The zero-order valence-electron chi connectivity index (χ0n) is 13.7. The second-order valence-corrected chi connectivity index (χ2v) is 6.11. The van der Waals surface area contributed by atoms with E-state index in [4.69, 9.17) is 4.74 Å². The molecule has 5 nitrogen and oxygen atoms in total. The predicted octanol–water partition coefficient (Wildman–Crippen LogP) is 3.45. The lowest BCUT2D eigenvalue weighted by Crippen LogP contribution is -2.30. The van der Waals surface area contributed by atoms with Crippen LogP contribution in [0.4, 0.5) is 0 Å². The number of fused-ring (bicyclic) bond motifs is 2. The van der Waals surface area contributed by atoms with E-state index in [0.29, 0.717) is 11.1 Å². The molecule has 0 fully saturated rings. The summed E-state index contributed by atoms with van der Waals surface area (Å²) < 4.78 is 4.85. The maximum Gasteiger partial charge on any atom is 0.309 e. The largest absolute Gasteiger partial charge is 0.469 e. The first kappa shape index (κ1) is 15.5. The van der Waals surface area contributed by atoms with Gasteiger partial charge in [0.05, 0.1) is 13.5 Å². The highest BCUT2D eigenvalue weighted by Crippen LogP contribution is 2.40. The summed E-state index contributed by atoms with van der Waals surface area (Å²) in [5.41, 5.74) is 1.60. The van der Waals surface area contributed by atoms with Crippen molar-refractivity contribution < 1.29 is 14.6 Å². The van der Waals surface area contributed by atoms with E-state index in [0.717, 1.165) is 21.8 Å². The minimum atomic E-state index is -1.51. The van der Waals surface area contributed by atoms with Crippen LogP contribution in [0.1, 0.15) is 17.5 Å². The first-order valence-corrected chi connectivity index (χ1v) is 8.06. The van der Waals surface area contributed by atoms with E-state index in [-0.39, 0.29) is 6.42 Å². The van der Waals surface area contributed by atoms with E-state index in [1.54, 1.807) is 12.4 Å². The molecule has 0 aliphatic carbocycles. The van der Waals surface area contributed by atoms with Crippen LogP contribution in [0.3, 0.4) is 0 Å². The van der Waals surface area contributed by atoms with Crippen molar-refractivity contribution in [3.05, 3.63) is 72.1 Å². The van der Waals surface area contributed by atoms with Gasteiger partial charge in [0.1, 0.15) is 5.60 Å². The van der Waals surface area contributed by atoms with Gasteiger partial charge in [-0.25, -0.2) is 0 Å². The van der Waals surface area contributed by atoms with Crippen LogP contribution < -0.4 is 0 Å². The Kier molecular flexibility index (Phi) is 3.58. The molecule has 0 saturated carbocycles. The normalized spacial score (nSPS) is 11.9. The maximum atomic E-state index is 12.1. The van der Waals surface area contributed by atoms with Crippen molar-refractivity contribution in [3.63, 3.8) is 0 Å². The molecule has 0 unspecified atom stereocenters. The van der Waals surface area contributed by atoms with Gasteiger partial charge in [0, 0.05) is 45.3 Å². The van der Waals surface area contributed by atoms with Crippen molar-refractivity contribution in [2.45, 2.75) is 12.0 Å². The molecule has 0 atom stereocenters. The molecule has 0 spiro atoms. The summed E-state index contributed by atoms with van der Waals surface area (Å²) >= 11 is 0. The molecule has 0 aliphatic rings. The standard InChI is InChI=1S/C20H18N2O3/c1-25-19(23)10-20(24,15-11-21-17-8-4-2-6-13(15)17)16-12-22-18-9-5-3-7-14(16)18/h2-9,11-12,21-22,24H,10H2,1H3. The fourth-order valence-corrected chi connectivity index (χ4v) is 3.44. The van der Waals surface area contributed by atoms with Crippen LogP contribution in [0.15, 0.2) is 60.9 Å². The predicted molar refractivity (Wildman–Crippen MR) is 96.2 cm³/mol. The summed E-state index contributed by atoms with van der Waals surface area (Å²) in [5.74, 6) is -0.474. The van der Waals surface area contributed by atoms with Crippen LogP contribution in [-0.2, 0) is 15.1 Å². The molecule has 2 aromatic heterocycles. The quantitative estimate of drug-likeness (QED) is 0.500. The minimum absolute atomic E-state index is 0.173. The number of para-hydroxylation sites is 2. The number of hydrogen-bond acceptors (Lipinski definition) is 3. The summed E-state index contributed by atoms with van der Waals surface area (Å²) in [6.07, 6.45) is 3.35. The highest BCUT2D eigenvalue weighted by molar-refractivity contribution is 5.90. The summed E-state index contributed by atoms with van der Waals surface area (Å²) in [6, 6.07) is 15.4. The summed E-state index contributed by atoms with van der Waals surface area (Å²) in [5, 5.41) is 13.4. The Morgan fingerprint density at radius 1 is 0.960 bits per heavy atom. The number of aromatic amines is 2. The summed E-state index contributed by atoms with van der Waals surface area (Å²) in [7, 11) is 1.33. The van der Waals surface area contributed by atoms with Crippen LogP contribution in [0.2, 0.25) is 0 Å². The fourth-order valence-electron chi connectivity index (χ4n) is 3.44. The van der Waals surface area contributed by atoms with Crippen molar-refractivity contribution >= 4 is 27.8 Å². The molecule has 0 radical (unpaired) electrons. The van der Waals surface area contributed by atoms with Crippen LogP contribution in [0, 0.1) is 0 Å². The highest BCUT2D eigenvalue weighted by atomic mass is 16.5. The van der Waals surface area contributed by atoms with Gasteiger partial charge in [0.25, 0.3) is 0 Å². The van der Waals surface area contributed by atoms with E-state index in [1.807, 2.05) is 48.5 Å². The molecular formula is C20H18N2O3. The molecule has 0 aliphatic heterocycles. The van der Waals surface area contributed by atoms with Gasteiger partial charge in [-0.2, -0.15) is 0 Å². The van der Waals surface area contributed by atoms with E-state index in [9.17, 15) is 9.90 Å². The van der Waals surface area contributed by atoms with Crippen molar-refractivity contribution in [2.75, 3.05) is 7.11 Å². The van der Waals surface area contributed by atoms with E-state index in [1.165, 1.54) is 7.11 Å². The van der Waals surface area contributed by atoms with Gasteiger partial charge in [-0.1, -0.05) is 36.4 Å². The van der Waals surface area contributed by atoms with Crippen LogP contribution >= 0.6 is 0 Å². The molecule has 0 saturated heterocycles. The zero-order chi connectivity index (χ0) is 17.4. The second kappa shape index (κ2) is 5.79. The lowest BCUT2D eigenvalue weighted by atomic mass is 9.83. The molecular weight excluding hydrogens is 316 g/mol. The topological polar surface area (TPSA) is 78.1 Å². The third kappa shape index (κ3) is 2.40. The molecule has 4 rings (SSSR count). The number of nitrogens with one attached hydrogen (secondary N) is 2. The number of methoxy groups -OCH3 is 1. The number of hydrogen-bond donors (Lipinski definition) is 3. The first-order chi connectivity index (χ1) is 12.1. The molecule has 0 amide bonds. The maximum absolute atomic E-state index is 12.1. The van der Waals surface area contributed by atoms with Gasteiger partial charge in [-0.05, 0) is 12.1 Å². The summed E-state index contributed by atoms with van der Waals surface area (Å²) in [6.45, 7) is 0. The smallest absolute Gasteiger partial charge is 0.309 e. The van der Waals surface area contributed by atoms with Gasteiger partial charge in [0.15, 0.2) is 0 Å². The third-order valence-corrected chi connectivity index (χ3v) is 4.70. The molecule has 0 bridgehead atoms. The second-order valence-electron chi connectivity index (χ2n) is 6.11. The minimum Gasteiger partial charge on any atom is -0.469 e. The fraction of sp³-hybridized carbons (Fsp3) is 0.150. The molecule has 5 heteroatoms. The molecule has 2 aromatic carbocycles. The van der Waals surface area contributed by atoms with Gasteiger partial charge >= 0.3 is 5.97 Å². The van der Waals surface area contributed by atoms with Gasteiger partial charge in [-0.3, -0.25) is 4.79 Å². The summed E-state index contributed by atoms with van der Waals surface area (Å²) in [4.78, 5) is 18.4. The van der Waals surface area contributed by atoms with E-state index >= 15 is 0 Å². The number of carbonyl (C=O) groups is 1. The molecule has 2 heterocycles. The highest BCUT2D eigenvalue weighted by Gasteiger charge is 2.38. The zero-order valence-corrected chi connectivity index (χ0v) is 13.7. The lowest BCUT2D eigenvalue weighted by molar-refractivity contribution is -0.145. The Bertz CT molecular complexity index is 987. The van der Waals surface area contributed by atoms with E-state index < -0.39 is 11.6 Å². The number of H-pyrrole nitrogens is 2. The lowest BCUT2D eigenvalue weighted by Gasteiger charge is -2.27. The van der Waals surface area contributed by atoms with Crippen molar-refractivity contribution in [1.29, 1.82) is 0 Å². The van der Waals surface area contributed by atoms with Gasteiger partial charge in [0.2, 0.25) is 0 Å². The Morgan fingerprint density at radius 2 is 1.44 bits per heavy atom. The Hall–Kier alpha value is -3.05. The molecule has 25 heavy (non-hydrogen) atoms. The monoisotopic (exact) mass is 334 g/mol. The van der Waals surface area contributed by atoms with Gasteiger partial charge < -0.3 is 19.8 Å². The SMILES string of the molecule is COC(=O)CC(O)(c1c[nH]c2ccccc12)c1c[nH]c2ccccc12. The number of esters is 1. The van der Waals surface area contributed by atoms with Crippen molar-refractivity contribution in [2.24, 2.45) is 0 Å². The Labute approximate surface area is 144 Å².